The zero-order valence-electron chi connectivity index (χ0n) is 16.8. The predicted molar refractivity (Wildman–Crippen MR) is 112 cm³/mol. The third-order valence-corrected chi connectivity index (χ3v) is 6.75. The van der Waals surface area contributed by atoms with Gasteiger partial charge in [-0.15, -0.1) is 0 Å². The van der Waals surface area contributed by atoms with Crippen molar-refractivity contribution in [2.24, 2.45) is 0 Å². The lowest BCUT2D eigenvalue weighted by atomic mass is 10.1. The molecule has 2 aromatic rings. The fourth-order valence-electron chi connectivity index (χ4n) is 3.40. The highest BCUT2D eigenvalue weighted by Gasteiger charge is 2.35. The molecule has 1 atom stereocenters. The molecule has 2 aromatic carbocycles. The van der Waals surface area contributed by atoms with Crippen molar-refractivity contribution in [3.63, 3.8) is 0 Å². The van der Waals surface area contributed by atoms with E-state index in [1.54, 1.807) is 36.3 Å². The van der Waals surface area contributed by atoms with Crippen LogP contribution in [-0.2, 0) is 16.4 Å². The van der Waals surface area contributed by atoms with Crippen molar-refractivity contribution in [3.8, 4) is 11.5 Å². The summed E-state index contributed by atoms with van der Waals surface area (Å²) >= 11 is 0. The first-order valence-electron chi connectivity index (χ1n) is 9.79. The highest BCUT2D eigenvalue weighted by atomic mass is 32.2. The Morgan fingerprint density at radius 3 is 2.28 bits per heavy atom. The van der Waals surface area contributed by atoms with Gasteiger partial charge in [-0.1, -0.05) is 19.1 Å². The molecule has 1 saturated heterocycles. The van der Waals surface area contributed by atoms with E-state index in [9.17, 15) is 13.2 Å². The molecule has 0 saturated carbocycles. The monoisotopic (exact) mass is 417 g/mol. The van der Waals surface area contributed by atoms with Crippen molar-refractivity contribution in [1.82, 2.24) is 4.90 Å². The standard InChI is InChI=1S/C22H27NO5S/c1-3-13-28-21-10-6-18(7-11-21)22(24)23(19-12-14-29(25,26)16-19)15-17-4-8-20(27-2)9-5-17/h4-11,19H,3,12-16H2,1-2H3/t19-/m1/s1. The van der Waals surface area contributed by atoms with Crippen molar-refractivity contribution in [2.45, 2.75) is 32.4 Å². The number of sulfone groups is 1. The lowest BCUT2D eigenvalue weighted by Gasteiger charge is -2.28. The SMILES string of the molecule is CCCOc1ccc(C(=O)N(Cc2ccc(OC)cc2)[C@@H]2CCS(=O)(=O)C2)cc1. The average Bonchev–Trinajstić information content (AvgIpc) is 3.10. The first-order valence-corrected chi connectivity index (χ1v) is 11.6. The number of benzene rings is 2. The van der Waals surface area contributed by atoms with Crippen molar-refractivity contribution in [1.29, 1.82) is 0 Å². The van der Waals surface area contributed by atoms with Crippen LogP contribution in [0, 0.1) is 0 Å². The molecule has 1 fully saturated rings. The number of hydrogen-bond acceptors (Lipinski definition) is 5. The van der Waals surface area contributed by atoms with E-state index in [-0.39, 0.29) is 23.5 Å². The molecule has 0 spiro atoms. The van der Waals surface area contributed by atoms with E-state index in [0.717, 1.165) is 17.7 Å². The van der Waals surface area contributed by atoms with Gasteiger partial charge in [0.05, 0.1) is 25.2 Å². The topological polar surface area (TPSA) is 72.9 Å². The fourth-order valence-corrected chi connectivity index (χ4v) is 5.13. The number of amides is 1. The van der Waals surface area contributed by atoms with Gasteiger partial charge in [0.1, 0.15) is 11.5 Å². The van der Waals surface area contributed by atoms with Crippen LogP contribution in [0.5, 0.6) is 11.5 Å². The highest BCUT2D eigenvalue weighted by Crippen LogP contribution is 2.24. The smallest absolute Gasteiger partial charge is 0.254 e. The molecule has 1 aliphatic rings. The summed E-state index contributed by atoms with van der Waals surface area (Å²) in [6.45, 7) is 3.00. The second kappa shape index (κ2) is 9.31. The molecule has 0 bridgehead atoms. The summed E-state index contributed by atoms with van der Waals surface area (Å²) in [7, 11) is -1.51. The normalized spacial score (nSPS) is 17.7. The molecule has 0 radical (unpaired) electrons. The van der Waals surface area contributed by atoms with Gasteiger partial charge in [0, 0.05) is 18.2 Å². The summed E-state index contributed by atoms with van der Waals surface area (Å²) in [6.07, 6.45) is 1.37. The number of carbonyl (C=O) groups is 1. The molecule has 29 heavy (non-hydrogen) atoms. The van der Waals surface area contributed by atoms with E-state index in [4.69, 9.17) is 9.47 Å². The van der Waals surface area contributed by atoms with Crippen LogP contribution in [0.2, 0.25) is 0 Å². The van der Waals surface area contributed by atoms with Crippen LogP contribution >= 0.6 is 0 Å². The van der Waals surface area contributed by atoms with Crippen LogP contribution in [0.4, 0.5) is 0 Å². The maximum absolute atomic E-state index is 13.3. The zero-order chi connectivity index (χ0) is 20.9. The number of methoxy groups -OCH3 is 1. The molecule has 1 aliphatic heterocycles. The van der Waals surface area contributed by atoms with Gasteiger partial charge in [0.15, 0.2) is 9.84 Å². The molecule has 0 unspecified atom stereocenters. The molecule has 156 valence electrons. The Bertz CT molecular complexity index is 923. The summed E-state index contributed by atoms with van der Waals surface area (Å²) in [6, 6.07) is 14.2. The lowest BCUT2D eigenvalue weighted by molar-refractivity contribution is 0.0681. The van der Waals surface area contributed by atoms with Gasteiger partial charge in [-0.3, -0.25) is 4.79 Å². The van der Waals surface area contributed by atoms with Gasteiger partial charge >= 0.3 is 0 Å². The summed E-state index contributed by atoms with van der Waals surface area (Å²) in [5.41, 5.74) is 1.44. The summed E-state index contributed by atoms with van der Waals surface area (Å²) in [4.78, 5) is 14.9. The van der Waals surface area contributed by atoms with E-state index in [1.807, 2.05) is 31.2 Å². The molecule has 7 heteroatoms. The molecule has 6 nitrogen and oxygen atoms in total. The van der Waals surface area contributed by atoms with E-state index in [2.05, 4.69) is 0 Å². The maximum Gasteiger partial charge on any atom is 0.254 e. The summed E-state index contributed by atoms with van der Waals surface area (Å²) in [5, 5.41) is 0. The zero-order valence-corrected chi connectivity index (χ0v) is 17.7. The minimum absolute atomic E-state index is 0.00654. The molecule has 0 aromatic heterocycles. The highest BCUT2D eigenvalue weighted by molar-refractivity contribution is 7.91. The quantitative estimate of drug-likeness (QED) is 0.659. The first-order chi connectivity index (χ1) is 13.9. The molecular weight excluding hydrogens is 390 g/mol. The molecule has 1 heterocycles. The van der Waals surface area contributed by atoms with Crippen molar-refractivity contribution >= 4 is 15.7 Å². The molecule has 3 rings (SSSR count). The number of rotatable bonds is 8. The van der Waals surface area contributed by atoms with E-state index in [1.165, 1.54) is 0 Å². The second-order valence-electron chi connectivity index (χ2n) is 7.21. The molecule has 0 aliphatic carbocycles. The van der Waals surface area contributed by atoms with Crippen LogP contribution in [0.25, 0.3) is 0 Å². The summed E-state index contributed by atoms with van der Waals surface area (Å²) in [5.74, 6) is 1.40. The van der Waals surface area contributed by atoms with Gasteiger partial charge in [-0.05, 0) is 54.8 Å². The van der Waals surface area contributed by atoms with E-state index in [0.29, 0.717) is 30.9 Å². The van der Waals surface area contributed by atoms with Crippen LogP contribution in [0.15, 0.2) is 48.5 Å². The van der Waals surface area contributed by atoms with Gasteiger partial charge in [0.2, 0.25) is 0 Å². The van der Waals surface area contributed by atoms with Crippen LogP contribution in [0.3, 0.4) is 0 Å². The molecule has 1 amide bonds. The minimum Gasteiger partial charge on any atom is -0.497 e. The van der Waals surface area contributed by atoms with Gasteiger partial charge < -0.3 is 14.4 Å². The van der Waals surface area contributed by atoms with Gasteiger partial charge in [0.25, 0.3) is 5.91 Å². The van der Waals surface area contributed by atoms with Crippen molar-refractivity contribution in [2.75, 3.05) is 25.2 Å². The Labute approximate surface area is 172 Å². The number of nitrogens with zero attached hydrogens (tertiary/aromatic N) is 1. The third-order valence-electron chi connectivity index (χ3n) is 5.00. The van der Waals surface area contributed by atoms with Gasteiger partial charge in [-0.25, -0.2) is 8.42 Å². The largest absolute Gasteiger partial charge is 0.497 e. The second-order valence-corrected chi connectivity index (χ2v) is 9.44. The fraction of sp³-hybridized carbons (Fsp3) is 0.409. The van der Waals surface area contributed by atoms with E-state index >= 15 is 0 Å². The van der Waals surface area contributed by atoms with Gasteiger partial charge in [-0.2, -0.15) is 0 Å². The molecular formula is C22H27NO5S. The van der Waals surface area contributed by atoms with Crippen molar-refractivity contribution < 1.29 is 22.7 Å². The number of ether oxygens (including phenoxy) is 2. The first kappa shape index (κ1) is 21.2. The Hall–Kier alpha value is -2.54. The Morgan fingerprint density at radius 1 is 1.07 bits per heavy atom. The third kappa shape index (κ3) is 5.50. The van der Waals surface area contributed by atoms with Crippen LogP contribution < -0.4 is 9.47 Å². The maximum atomic E-state index is 13.3. The lowest BCUT2D eigenvalue weighted by Crippen LogP contribution is -2.40. The average molecular weight is 418 g/mol. The van der Waals surface area contributed by atoms with Crippen LogP contribution in [0.1, 0.15) is 35.7 Å². The van der Waals surface area contributed by atoms with Crippen LogP contribution in [-0.4, -0.2) is 50.5 Å². The number of hydrogen-bond donors (Lipinski definition) is 0. The molecule has 0 N–H and O–H groups in total. The Balaban J connectivity index is 1.82. The Kier molecular flexibility index (Phi) is 6.79. The number of carbonyl (C=O) groups excluding carboxylic acids is 1. The predicted octanol–water partition coefficient (Wildman–Crippen LogP) is 3.31. The van der Waals surface area contributed by atoms with Crippen molar-refractivity contribution in [3.05, 3.63) is 59.7 Å². The minimum atomic E-state index is -3.11. The Morgan fingerprint density at radius 2 is 1.72 bits per heavy atom. The van der Waals surface area contributed by atoms with E-state index < -0.39 is 9.84 Å². The summed E-state index contributed by atoms with van der Waals surface area (Å²) < 4.78 is 34.8.